The molecule has 7 heteroatoms. The fourth-order valence-electron chi connectivity index (χ4n) is 2.50. The van der Waals surface area contributed by atoms with Crippen LogP contribution < -0.4 is 29.6 Å². The standard InChI is InChI=1S/C21H29N3O4/c1-5-27-19-11-10-16(14-20(19)26-4)24-21(22-2)23-12-7-13-28-18-9-6-8-17(15-18)25-3/h6,8-11,14-15H,5,7,12-13H2,1-4H3,(H2,22,23,24). The van der Waals surface area contributed by atoms with E-state index < -0.39 is 0 Å². The first-order valence-electron chi connectivity index (χ1n) is 9.25. The average molecular weight is 387 g/mol. The lowest BCUT2D eigenvalue weighted by molar-refractivity contribution is 0.309. The Bertz CT molecular complexity index is 765. The Morgan fingerprint density at radius 2 is 1.79 bits per heavy atom. The first-order chi connectivity index (χ1) is 13.7. The van der Waals surface area contributed by atoms with E-state index in [1.807, 2.05) is 49.4 Å². The molecule has 0 radical (unpaired) electrons. The molecule has 0 atom stereocenters. The van der Waals surface area contributed by atoms with E-state index in [1.165, 1.54) is 0 Å². The highest BCUT2D eigenvalue weighted by atomic mass is 16.5. The van der Waals surface area contributed by atoms with Crippen LogP contribution in [0, 0.1) is 0 Å². The van der Waals surface area contributed by atoms with Gasteiger partial charge in [0, 0.05) is 31.4 Å². The minimum Gasteiger partial charge on any atom is -0.497 e. The van der Waals surface area contributed by atoms with E-state index in [2.05, 4.69) is 15.6 Å². The van der Waals surface area contributed by atoms with Gasteiger partial charge in [-0.15, -0.1) is 0 Å². The second kappa shape index (κ2) is 11.6. The Balaban J connectivity index is 1.78. The molecule has 0 amide bonds. The van der Waals surface area contributed by atoms with Gasteiger partial charge in [0.15, 0.2) is 17.5 Å². The number of hydrogen-bond acceptors (Lipinski definition) is 5. The predicted molar refractivity (Wildman–Crippen MR) is 112 cm³/mol. The highest BCUT2D eigenvalue weighted by Gasteiger charge is 2.07. The van der Waals surface area contributed by atoms with Gasteiger partial charge in [0.2, 0.25) is 0 Å². The van der Waals surface area contributed by atoms with Gasteiger partial charge < -0.3 is 29.6 Å². The molecule has 0 saturated heterocycles. The van der Waals surface area contributed by atoms with Crippen molar-refractivity contribution in [2.24, 2.45) is 4.99 Å². The fourth-order valence-corrected chi connectivity index (χ4v) is 2.50. The van der Waals surface area contributed by atoms with Crippen LogP contribution in [-0.2, 0) is 0 Å². The quantitative estimate of drug-likeness (QED) is 0.369. The molecule has 152 valence electrons. The predicted octanol–water partition coefficient (Wildman–Crippen LogP) is 3.56. The van der Waals surface area contributed by atoms with Crippen LogP contribution in [0.5, 0.6) is 23.0 Å². The number of nitrogens with one attached hydrogen (secondary N) is 2. The van der Waals surface area contributed by atoms with Crippen molar-refractivity contribution in [3.05, 3.63) is 42.5 Å². The summed E-state index contributed by atoms with van der Waals surface area (Å²) in [6, 6.07) is 13.3. The zero-order valence-corrected chi connectivity index (χ0v) is 17.0. The Morgan fingerprint density at radius 1 is 0.964 bits per heavy atom. The number of methoxy groups -OCH3 is 2. The number of hydrogen-bond donors (Lipinski definition) is 2. The molecule has 7 nitrogen and oxygen atoms in total. The van der Waals surface area contributed by atoms with Gasteiger partial charge >= 0.3 is 0 Å². The maximum atomic E-state index is 5.74. The van der Waals surface area contributed by atoms with Gasteiger partial charge in [0.05, 0.1) is 27.4 Å². The van der Waals surface area contributed by atoms with Crippen molar-refractivity contribution < 1.29 is 18.9 Å². The molecule has 0 unspecified atom stereocenters. The van der Waals surface area contributed by atoms with Crippen molar-refractivity contribution in [1.82, 2.24) is 5.32 Å². The van der Waals surface area contributed by atoms with E-state index in [9.17, 15) is 0 Å². The molecule has 0 spiro atoms. The number of aliphatic imine (C=N–C) groups is 1. The van der Waals surface area contributed by atoms with E-state index in [-0.39, 0.29) is 0 Å². The number of nitrogens with zero attached hydrogens (tertiary/aromatic N) is 1. The van der Waals surface area contributed by atoms with Crippen molar-refractivity contribution in [3.63, 3.8) is 0 Å². The lowest BCUT2D eigenvalue weighted by Crippen LogP contribution is -2.32. The Hall–Kier alpha value is -3.09. The Morgan fingerprint density at radius 3 is 2.50 bits per heavy atom. The van der Waals surface area contributed by atoms with Gasteiger partial charge in [-0.1, -0.05) is 6.07 Å². The number of ether oxygens (including phenoxy) is 4. The van der Waals surface area contributed by atoms with E-state index in [1.54, 1.807) is 21.3 Å². The van der Waals surface area contributed by atoms with E-state index >= 15 is 0 Å². The highest BCUT2D eigenvalue weighted by Crippen LogP contribution is 2.30. The van der Waals surface area contributed by atoms with Gasteiger partial charge in [0.25, 0.3) is 0 Å². The minimum atomic E-state index is 0.587. The van der Waals surface area contributed by atoms with Gasteiger partial charge in [-0.3, -0.25) is 4.99 Å². The number of rotatable bonds is 10. The van der Waals surface area contributed by atoms with Crippen molar-refractivity contribution >= 4 is 11.6 Å². The van der Waals surface area contributed by atoms with Gasteiger partial charge in [0.1, 0.15) is 11.5 Å². The average Bonchev–Trinajstić information content (AvgIpc) is 2.73. The lowest BCUT2D eigenvalue weighted by Gasteiger charge is -2.14. The summed E-state index contributed by atoms with van der Waals surface area (Å²) in [6.45, 7) is 3.84. The summed E-state index contributed by atoms with van der Waals surface area (Å²) in [5.41, 5.74) is 0.862. The van der Waals surface area contributed by atoms with Gasteiger partial charge in [-0.05, 0) is 37.6 Å². The Kier molecular flexibility index (Phi) is 8.78. The topological polar surface area (TPSA) is 73.3 Å². The van der Waals surface area contributed by atoms with Crippen LogP contribution in [-0.4, -0.2) is 47.0 Å². The molecule has 0 aliphatic rings. The molecule has 0 saturated carbocycles. The number of anilines is 1. The van der Waals surface area contributed by atoms with Crippen molar-refractivity contribution in [1.29, 1.82) is 0 Å². The third-order valence-electron chi connectivity index (χ3n) is 3.87. The third kappa shape index (κ3) is 6.57. The van der Waals surface area contributed by atoms with Crippen LogP contribution in [0.2, 0.25) is 0 Å². The molecule has 2 aromatic carbocycles. The summed E-state index contributed by atoms with van der Waals surface area (Å²) in [5.74, 6) is 3.64. The summed E-state index contributed by atoms with van der Waals surface area (Å²) >= 11 is 0. The second-order valence-corrected chi connectivity index (χ2v) is 5.80. The third-order valence-corrected chi connectivity index (χ3v) is 3.87. The molecule has 0 aliphatic carbocycles. The first kappa shape index (κ1) is 21.2. The fraction of sp³-hybridized carbons (Fsp3) is 0.381. The van der Waals surface area contributed by atoms with E-state index in [0.717, 1.165) is 30.2 Å². The molecular weight excluding hydrogens is 358 g/mol. The molecule has 0 bridgehead atoms. The molecule has 2 aromatic rings. The smallest absolute Gasteiger partial charge is 0.195 e. The summed E-state index contributed by atoms with van der Waals surface area (Å²) in [6.07, 6.45) is 0.824. The zero-order chi connectivity index (χ0) is 20.2. The molecule has 0 fully saturated rings. The Labute approximate surface area is 166 Å². The van der Waals surface area contributed by atoms with Crippen LogP contribution in [0.15, 0.2) is 47.5 Å². The van der Waals surface area contributed by atoms with Gasteiger partial charge in [-0.2, -0.15) is 0 Å². The largest absolute Gasteiger partial charge is 0.497 e. The maximum absolute atomic E-state index is 5.74. The van der Waals surface area contributed by atoms with Crippen molar-refractivity contribution in [3.8, 4) is 23.0 Å². The van der Waals surface area contributed by atoms with Crippen LogP contribution >= 0.6 is 0 Å². The lowest BCUT2D eigenvalue weighted by atomic mass is 10.2. The molecule has 0 heterocycles. The molecule has 0 aliphatic heterocycles. The summed E-state index contributed by atoms with van der Waals surface area (Å²) in [7, 11) is 4.99. The minimum absolute atomic E-state index is 0.587. The monoisotopic (exact) mass is 387 g/mol. The SMILES string of the molecule is CCOc1ccc(NC(=NC)NCCCOc2cccc(OC)c2)cc1OC. The molecule has 2 rings (SSSR count). The molecule has 0 aromatic heterocycles. The molecule has 2 N–H and O–H groups in total. The highest BCUT2D eigenvalue weighted by molar-refractivity contribution is 5.93. The van der Waals surface area contributed by atoms with Crippen LogP contribution in [0.4, 0.5) is 5.69 Å². The van der Waals surface area contributed by atoms with Gasteiger partial charge in [-0.25, -0.2) is 0 Å². The van der Waals surface area contributed by atoms with E-state index in [0.29, 0.717) is 30.7 Å². The maximum Gasteiger partial charge on any atom is 0.195 e. The summed E-state index contributed by atoms with van der Waals surface area (Å²) < 4.78 is 21.8. The zero-order valence-electron chi connectivity index (χ0n) is 17.0. The first-order valence-corrected chi connectivity index (χ1v) is 9.25. The van der Waals surface area contributed by atoms with E-state index in [4.69, 9.17) is 18.9 Å². The van der Waals surface area contributed by atoms with Crippen LogP contribution in [0.1, 0.15) is 13.3 Å². The van der Waals surface area contributed by atoms with Crippen LogP contribution in [0.25, 0.3) is 0 Å². The molecule has 28 heavy (non-hydrogen) atoms. The van der Waals surface area contributed by atoms with Crippen molar-refractivity contribution in [2.45, 2.75) is 13.3 Å². The summed E-state index contributed by atoms with van der Waals surface area (Å²) in [5, 5.41) is 6.51. The number of guanidine groups is 1. The van der Waals surface area contributed by atoms with Crippen LogP contribution in [0.3, 0.4) is 0 Å². The normalized spacial score (nSPS) is 10.9. The second-order valence-electron chi connectivity index (χ2n) is 5.80. The number of benzene rings is 2. The molecular formula is C21H29N3O4. The van der Waals surface area contributed by atoms with Crippen molar-refractivity contribution in [2.75, 3.05) is 46.3 Å². The summed E-state index contributed by atoms with van der Waals surface area (Å²) in [4.78, 5) is 4.24.